The van der Waals surface area contributed by atoms with Gasteiger partial charge in [0.2, 0.25) is 5.88 Å². The van der Waals surface area contributed by atoms with Crippen LogP contribution in [0.1, 0.15) is 31.0 Å². The molecule has 2 rings (SSSR count). The van der Waals surface area contributed by atoms with Crippen molar-refractivity contribution in [2.75, 3.05) is 6.61 Å². The monoisotopic (exact) mass is 219 g/mol. The van der Waals surface area contributed by atoms with Crippen molar-refractivity contribution in [3.63, 3.8) is 0 Å². The highest BCUT2D eigenvalue weighted by Gasteiger charge is 2.32. The molecule has 0 saturated heterocycles. The lowest BCUT2D eigenvalue weighted by Gasteiger charge is -2.31. The molecule has 3 nitrogen and oxygen atoms in total. The molecule has 0 radical (unpaired) electrons. The molecule has 1 atom stereocenters. The first kappa shape index (κ1) is 11.1. The quantitative estimate of drug-likeness (QED) is 0.792. The summed E-state index contributed by atoms with van der Waals surface area (Å²) in [6, 6.07) is 3.70. The van der Waals surface area contributed by atoms with E-state index in [0.717, 1.165) is 30.5 Å². The van der Waals surface area contributed by atoms with Crippen LogP contribution in [0.2, 0.25) is 0 Å². The summed E-state index contributed by atoms with van der Waals surface area (Å²) in [6.45, 7) is 6.25. The van der Waals surface area contributed by atoms with E-state index in [-0.39, 0.29) is 0 Å². The van der Waals surface area contributed by atoms with Gasteiger partial charge in [0.1, 0.15) is 5.60 Å². The molecule has 1 aromatic heterocycles. The molecule has 1 heterocycles. The zero-order valence-electron chi connectivity index (χ0n) is 9.57. The molecule has 86 valence electrons. The molecule has 16 heavy (non-hydrogen) atoms. The average molecular weight is 219 g/mol. The van der Waals surface area contributed by atoms with E-state index in [1.807, 2.05) is 19.1 Å². The minimum absolute atomic E-state index is 0.609. The number of rotatable bonds is 3. The Labute approximate surface area is 95.8 Å². The smallest absolute Gasteiger partial charge is 0.213 e. The summed E-state index contributed by atoms with van der Waals surface area (Å²) in [5.41, 5.74) is 0.891. The Morgan fingerprint density at radius 1 is 1.62 bits per heavy atom. The number of aryl methyl sites for hydroxylation is 1. The van der Waals surface area contributed by atoms with E-state index >= 15 is 0 Å². The van der Waals surface area contributed by atoms with Gasteiger partial charge < -0.3 is 9.84 Å². The summed E-state index contributed by atoms with van der Waals surface area (Å²) < 4.78 is 5.36. The first-order valence-electron chi connectivity index (χ1n) is 5.69. The summed E-state index contributed by atoms with van der Waals surface area (Å²) in [4.78, 5) is 4.42. The third-order valence-electron chi connectivity index (χ3n) is 3.02. The maximum atomic E-state index is 10.4. The standard InChI is InChI=1S/C13H17NO2/c1-3-13(15)9-5-6-11-10(13)7-8-12(14-11)16-4-2/h3,7-8,15H,1,4-6,9H2,2H3. The molecule has 1 N–H and O–H groups in total. The lowest BCUT2D eigenvalue weighted by atomic mass is 9.82. The van der Waals surface area contributed by atoms with Gasteiger partial charge in [0.25, 0.3) is 0 Å². The number of fused-ring (bicyclic) bond motifs is 1. The zero-order valence-corrected chi connectivity index (χ0v) is 9.57. The van der Waals surface area contributed by atoms with E-state index in [1.54, 1.807) is 6.08 Å². The number of ether oxygens (including phenoxy) is 1. The topological polar surface area (TPSA) is 42.4 Å². The normalized spacial score (nSPS) is 23.6. The Morgan fingerprint density at radius 2 is 2.44 bits per heavy atom. The van der Waals surface area contributed by atoms with Crippen molar-refractivity contribution in [2.24, 2.45) is 0 Å². The van der Waals surface area contributed by atoms with Crippen LogP contribution in [-0.4, -0.2) is 16.7 Å². The van der Waals surface area contributed by atoms with E-state index in [2.05, 4.69) is 11.6 Å². The number of aliphatic hydroxyl groups is 1. The van der Waals surface area contributed by atoms with Gasteiger partial charge in [0.05, 0.1) is 12.3 Å². The maximum absolute atomic E-state index is 10.4. The molecule has 0 fully saturated rings. The third kappa shape index (κ3) is 1.83. The summed E-state index contributed by atoms with van der Waals surface area (Å²) in [6.07, 6.45) is 4.15. The van der Waals surface area contributed by atoms with Crippen LogP contribution in [0.15, 0.2) is 24.8 Å². The largest absolute Gasteiger partial charge is 0.478 e. The number of nitrogens with zero attached hydrogens (tertiary/aromatic N) is 1. The van der Waals surface area contributed by atoms with E-state index < -0.39 is 5.60 Å². The number of hydrogen-bond acceptors (Lipinski definition) is 3. The maximum Gasteiger partial charge on any atom is 0.213 e. The predicted octanol–water partition coefficient (Wildman–Crippen LogP) is 2.19. The highest BCUT2D eigenvalue weighted by molar-refractivity contribution is 5.35. The van der Waals surface area contributed by atoms with Gasteiger partial charge in [0, 0.05) is 11.6 Å². The molecule has 0 bridgehead atoms. The second-order valence-electron chi connectivity index (χ2n) is 4.06. The fourth-order valence-corrected chi connectivity index (χ4v) is 2.17. The van der Waals surface area contributed by atoms with Gasteiger partial charge in [-0.1, -0.05) is 12.7 Å². The van der Waals surface area contributed by atoms with Crippen LogP contribution in [0.5, 0.6) is 5.88 Å². The average Bonchev–Trinajstić information content (AvgIpc) is 2.30. The summed E-state index contributed by atoms with van der Waals surface area (Å²) >= 11 is 0. The first-order valence-corrected chi connectivity index (χ1v) is 5.69. The number of hydrogen-bond donors (Lipinski definition) is 1. The molecular weight excluding hydrogens is 202 g/mol. The summed E-state index contributed by atoms with van der Waals surface area (Å²) in [5, 5.41) is 10.4. The van der Waals surface area contributed by atoms with E-state index in [0.29, 0.717) is 12.5 Å². The Kier molecular flexibility index (Phi) is 2.97. The Bertz CT molecular complexity index is 403. The highest BCUT2D eigenvalue weighted by Crippen LogP contribution is 2.36. The van der Waals surface area contributed by atoms with Crippen LogP contribution < -0.4 is 4.74 Å². The lowest BCUT2D eigenvalue weighted by Crippen LogP contribution is -2.28. The van der Waals surface area contributed by atoms with Crippen LogP contribution >= 0.6 is 0 Å². The van der Waals surface area contributed by atoms with Gasteiger partial charge in [-0.3, -0.25) is 0 Å². The summed E-state index contributed by atoms with van der Waals surface area (Å²) in [7, 11) is 0. The van der Waals surface area contributed by atoms with Gasteiger partial charge in [-0.05, 0) is 32.3 Å². The van der Waals surface area contributed by atoms with Crippen molar-refractivity contribution in [1.82, 2.24) is 4.98 Å². The molecular formula is C13H17NO2. The molecule has 1 aromatic rings. The fourth-order valence-electron chi connectivity index (χ4n) is 2.17. The zero-order chi connectivity index (χ0) is 11.6. The Balaban J connectivity index is 2.40. The van der Waals surface area contributed by atoms with Gasteiger partial charge >= 0.3 is 0 Å². The predicted molar refractivity (Wildman–Crippen MR) is 62.4 cm³/mol. The molecule has 0 amide bonds. The van der Waals surface area contributed by atoms with Gasteiger partial charge in [-0.2, -0.15) is 0 Å². The minimum Gasteiger partial charge on any atom is -0.478 e. The van der Waals surface area contributed by atoms with Crippen LogP contribution in [0, 0.1) is 0 Å². The van der Waals surface area contributed by atoms with Crippen LogP contribution in [0.25, 0.3) is 0 Å². The molecule has 0 saturated carbocycles. The first-order chi connectivity index (χ1) is 7.69. The van der Waals surface area contributed by atoms with Crippen LogP contribution in [-0.2, 0) is 12.0 Å². The molecule has 0 spiro atoms. The molecule has 3 heteroatoms. The van der Waals surface area contributed by atoms with Gasteiger partial charge in [-0.25, -0.2) is 4.98 Å². The van der Waals surface area contributed by atoms with Gasteiger partial charge in [-0.15, -0.1) is 0 Å². The second-order valence-corrected chi connectivity index (χ2v) is 4.06. The van der Waals surface area contributed by atoms with Crippen molar-refractivity contribution in [1.29, 1.82) is 0 Å². The third-order valence-corrected chi connectivity index (χ3v) is 3.02. The fraction of sp³-hybridized carbons (Fsp3) is 0.462. The van der Waals surface area contributed by atoms with Crippen molar-refractivity contribution in [3.8, 4) is 5.88 Å². The number of pyridine rings is 1. The van der Waals surface area contributed by atoms with Crippen molar-refractivity contribution in [3.05, 3.63) is 36.0 Å². The minimum atomic E-state index is -0.911. The lowest BCUT2D eigenvalue weighted by molar-refractivity contribution is 0.0692. The van der Waals surface area contributed by atoms with E-state index in [1.165, 1.54) is 0 Å². The van der Waals surface area contributed by atoms with Crippen LogP contribution in [0.4, 0.5) is 0 Å². The second kappa shape index (κ2) is 4.26. The molecule has 0 aromatic carbocycles. The van der Waals surface area contributed by atoms with E-state index in [9.17, 15) is 5.11 Å². The molecule has 1 unspecified atom stereocenters. The van der Waals surface area contributed by atoms with Crippen molar-refractivity contribution in [2.45, 2.75) is 31.8 Å². The molecule has 1 aliphatic carbocycles. The number of aromatic nitrogens is 1. The Hall–Kier alpha value is -1.35. The van der Waals surface area contributed by atoms with Gasteiger partial charge in [0.15, 0.2) is 0 Å². The molecule has 1 aliphatic rings. The Morgan fingerprint density at radius 3 is 3.12 bits per heavy atom. The summed E-state index contributed by atoms with van der Waals surface area (Å²) in [5.74, 6) is 0.634. The van der Waals surface area contributed by atoms with Crippen molar-refractivity contribution >= 4 is 0 Å². The highest BCUT2D eigenvalue weighted by atomic mass is 16.5. The van der Waals surface area contributed by atoms with E-state index in [4.69, 9.17) is 4.74 Å². The SMILES string of the molecule is C=CC1(O)CCCc2nc(OCC)ccc21. The van der Waals surface area contributed by atoms with Crippen LogP contribution in [0.3, 0.4) is 0 Å². The molecule has 0 aliphatic heterocycles. The van der Waals surface area contributed by atoms with Crippen molar-refractivity contribution < 1.29 is 9.84 Å².